The lowest BCUT2D eigenvalue weighted by Gasteiger charge is -2.20. The van der Waals surface area contributed by atoms with Gasteiger partial charge in [-0.1, -0.05) is 49.8 Å². The van der Waals surface area contributed by atoms with E-state index in [2.05, 4.69) is 49.0 Å². The zero-order chi connectivity index (χ0) is 32.7. The third-order valence-corrected chi connectivity index (χ3v) is 7.25. The van der Waals surface area contributed by atoms with Crippen LogP contribution >= 0.6 is 0 Å². The minimum atomic E-state index is -0.273. The number of nitriles is 1. The fourth-order valence-electron chi connectivity index (χ4n) is 4.78. The van der Waals surface area contributed by atoms with Crippen LogP contribution in [0.25, 0.3) is 11.1 Å². The molecule has 1 unspecified atom stereocenters. The van der Waals surface area contributed by atoms with Crippen molar-refractivity contribution in [3.05, 3.63) is 90.7 Å². The molecule has 0 aliphatic rings. The van der Waals surface area contributed by atoms with Gasteiger partial charge in [0.2, 0.25) is 5.95 Å². The zero-order valence-electron chi connectivity index (χ0n) is 26.6. The van der Waals surface area contributed by atoms with Gasteiger partial charge in [0.05, 0.1) is 19.0 Å². The molecule has 4 aromatic rings. The number of aryl methyl sites for hydroxylation is 1. The number of aliphatic hydroxyl groups excluding tert-OH is 1. The Kier molecular flexibility index (Phi) is 12.6. The minimum Gasteiger partial charge on any atom is -0.394 e. The maximum absolute atomic E-state index is 13.3. The summed E-state index contributed by atoms with van der Waals surface area (Å²) >= 11 is 0. The first-order chi connectivity index (χ1) is 22.4. The van der Waals surface area contributed by atoms with Gasteiger partial charge in [-0.05, 0) is 50.3 Å². The molecule has 0 bridgehead atoms. The van der Waals surface area contributed by atoms with Crippen LogP contribution in [0, 0.1) is 11.3 Å². The van der Waals surface area contributed by atoms with Crippen molar-refractivity contribution in [3.8, 4) is 17.2 Å². The summed E-state index contributed by atoms with van der Waals surface area (Å²) in [6, 6.07) is 15.2. The number of pyridine rings is 1. The van der Waals surface area contributed by atoms with Gasteiger partial charge in [-0.3, -0.25) is 9.58 Å². The number of anilines is 3. The van der Waals surface area contributed by atoms with Crippen LogP contribution in [-0.2, 0) is 13.6 Å². The summed E-state index contributed by atoms with van der Waals surface area (Å²) in [7, 11) is 1.87. The topological polar surface area (TPSA) is 157 Å². The number of amides is 2. The maximum Gasteiger partial charge on any atom is 0.327 e. The SMILES string of the molecule is CCC[C@H](CCC/C=C/N(C(=O)NCc1ccccc1)c1ccc(-c2cnn(C)c2)cn1)Nc1ncc(C#N)c(NC(C)CO)n1. The largest absolute Gasteiger partial charge is 0.394 e. The van der Waals surface area contributed by atoms with E-state index in [1.807, 2.05) is 68.7 Å². The third-order valence-electron chi connectivity index (χ3n) is 7.25. The van der Waals surface area contributed by atoms with Crippen molar-refractivity contribution >= 4 is 23.6 Å². The Hall–Kier alpha value is -5.28. The Morgan fingerprint density at radius 3 is 2.59 bits per heavy atom. The average molecular weight is 623 g/mol. The Balaban J connectivity index is 1.40. The van der Waals surface area contributed by atoms with Crippen LogP contribution in [0.1, 0.15) is 57.1 Å². The molecule has 0 radical (unpaired) electrons. The number of aromatic nitrogens is 5. The zero-order valence-corrected chi connectivity index (χ0v) is 26.6. The molecule has 2 atom stereocenters. The lowest BCUT2D eigenvalue weighted by atomic mass is 10.1. The highest BCUT2D eigenvalue weighted by Crippen LogP contribution is 2.22. The molecular weight excluding hydrogens is 580 g/mol. The molecule has 46 heavy (non-hydrogen) atoms. The van der Waals surface area contributed by atoms with Crippen molar-refractivity contribution in [2.45, 2.75) is 64.6 Å². The van der Waals surface area contributed by atoms with E-state index in [0.29, 0.717) is 29.7 Å². The predicted octanol–water partition coefficient (Wildman–Crippen LogP) is 5.62. The molecular formula is C34H42N10O2. The molecule has 12 heteroatoms. The molecule has 0 saturated carbocycles. The monoisotopic (exact) mass is 622 g/mol. The maximum atomic E-state index is 13.3. The number of nitrogens with one attached hydrogen (secondary N) is 3. The van der Waals surface area contributed by atoms with Crippen molar-refractivity contribution in [2.75, 3.05) is 22.1 Å². The fourth-order valence-corrected chi connectivity index (χ4v) is 4.78. The van der Waals surface area contributed by atoms with Crippen LogP contribution in [0.5, 0.6) is 0 Å². The van der Waals surface area contributed by atoms with E-state index in [-0.39, 0.29) is 24.7 Å². The number of carbonyl (C=O) groups is 1. The smallest absolute Gasteiger partial charge is 0.327 e. The number of benzene rings is 1. The molecule has 0 spiro atoms. The van der Waals surface area contributed by atoms with E-state index in [0.717, 1.165) is 48.8 Å². The van der Waals surface area contributed by atoms with Gasteiger partial charge >= 0.3 is 6.03 Å². The van der Waals surface area contributed by atoms with Gasteiger partial charge in [0.15, 0.2) is 0 Å². The van der Waals surface area contributed by atoms with E-state index in [1.54, 1.807) is 23.3 Å². The van der Waals surface area contributed by atoms with Crippen LogP contribution in [-0.4, -0.2) is 54.6 Å². The van der Waals surface area contributed by atoms with Gasteiger partial charge in [-0.25, -0.2) is 14.8 Å². The normalized spacial score (nSPS) is 12.3. The summed E-state index contributed by atoms with van der Waals surface area (Å²) in [6.07, 6.45) is 15.1. The summed E-state index contributed by atoms with van der Waals surface area (Å²) in [5, 5.41) is 32.5. The molecule has 240 valence electrons. The van der Waals surface area contributed by atoms with Crippen molar-refractivity contribution in [2.24, 2.45) is 7.05 Å². The number of urea groups is 1. The van der Waals surface area contributed by atoms with E-state index < -0.39 is 0 Å². The van der Waals surface area contributed by atoms with Crippen LogP contribution in [0.3, 0.4) is 0 Å². The van der Waals surface area contributed by atoms with E-state index in [9.17, 15) is 15.2 Å². The highest BCUT2D eigenvalue weighted by molar-refractivity contribution is 5.92. The van der Waals surface area contributed by atoms with Gasteiger partial charge in [-0.15, -0.1) is 0 Å². The summed E-state index contributed by atoms with van der Waals surface area (Å²) in [5.74, 6) is 1.34. The molecule has 0 aliphatic carbocycles. The number of aliphatic hydroxyl groups is 1. The van der Waals surface area contributed by atoms with E-state index >= 15 is 0 Å². The standard InChI is InChI=1S/C34H42N10O2/c1-4-11-30(41-33-37-21-28(18-35)32(42-33)40-25(2)24-45)14-9-6-10-17-44(34(46)38-19-26-12-7-5-8-13-26)31-16-15-27(20-36-31)29-22-39-43(3)23-29/h5,7-8,10,12-13,15-17,20-23,25,30,45H,4,6,9,11,14,19,24H2,1-3H3,(H,38,46)(H2,37,40,41,42)/b17-10+/t25?,30-/m1/s1. The first-order valence-corrected chi connectivity index (χ1v) is 15.5. The summed E-state index contributed by atoms with van der Waals surface area (Å²) in [6.45, 7) is 4.26. The molecule has 2 amide bonds. The molecule has 12 nitrogen and oxygen atoms in total. The van der Waals surface area contributed by atoms with E-state index in [4.69, 9.17) is 0 Å². The Morgan fingerprint density at radius 2 is 1.91 bits per heavy atom. The van der Waals surface area contributed by atoms with E-state index in [1.165, 1.54) is 11.1 Å². The molecule has 4 rings (SSSR count). The number of allylic oxidation sites excluding steroid dienone is 1. The summed E-state index contributed by atoms with van der Waals surface area (Å²) < 4.78 is 1.74. The van der Waals surface area contributed by atoms with Crippen LogP contribution in [0.4, 0.5) is 22.4 Å². The Labute approximate surface area is 270 Å². The fraction of sp³-hybridized carbons (Fsp3) is 0.353. The Bertz CT molecular complexity index is 1600. The third kappa shape index (κ3) is 9.87. The van der Waals surface area contributed by atoms with Gasteiger partial charge in [0, 0.05) is 55.4 Å². The van der Waals surface area contributed by atoms with Gasteiger partial charge in [0.1, 0.15) is 23.3 Å². The second kappa shape index (κ2) is 17.3. The second-order valence-electron chi connectivity index (χ2n) is 11.1. The van der Waals surface area contributed by atoms with Gasteiger partial charge in [0.25, 0.3) is 0 Å². The lowest BCUT2D eigenvalue weighted by molar-refractivity contribution is 0.248. The quantitative estimate of drug-likeness (QED) is 0.117. The summed E-state index contributed by atoms with van der Waals surface area (Å²) in [4.78, 5) is 28.3. The first-order valence-electron chi connectivity index (χ1n) is 15.5. The van der Waals surface area contributed by atoms with Crippen LogP contribution < -0.4 is 20.9 Å². The lowest BCUT2D eigenvalue weighted by Crippen LogP contribution is -2.36. The molecule has 3 heterocycles. The molecule has 3 aromatic heterocycles. The number of rotatable bonds is 16. The van der Waals surface area contributed by atoms with Crippen molar-refractivity contribution in [1.29, 1.82) is 5.26 Å². The molecule has 1 aromatic carbocycles. The number of hydrogen-bond donors (Lipinski definition) is 4. The second-order valence-corrected chi connectivity index (χ2v) is 11.1. The Morgan fingerprint density at radius 1 is 1.09 bits per heavy atom. The summed E-state index contributed by atoms with van der Waals surface area (Å²) in [5.41, 5.74) is 3.19. The highest BCUT2D eigenvalue weighted by Gasteiger charge is 2.16. The molecule has 0 fully saturated rings. The minimum absolute atomic E-state index is 0.0809. The van der Waals surface area contributed by atoms with Gasteiger partial charge < -0.3 is 21.1 Å². The van der Waals surface area contributed by atoms with Crippen molar-refractivity contribution < 1.29 is 9.90 Å². The predicted molar refractivity (Wildman–Crippen MR) is 180 cm³/mol. The van der Waals surface area contributed by atoms with Crippen molar-refractivity contribution in [3.63, 3.8) is 0 Å². The van der Waals surface area contributed by atoms with Crippen LogP contribution in [0.15, 0.2) is 79.5 Å². The number of carbonyl (C=O) groups excluding carboxylic acids is 1. The molecule has 0 aliphatic heterocycles. The number of nitrogens with zero attached hydrogens (tertiary/aromatic N) is 7. The van der Waals surface area contributed by atoms with Gasteiger partial charge in [-0.2, -0.15) is 15.3 Å². The first kappa shape index (κ1) is 33.6. The number of unbranched alkanes of at least 4 members (excludes halogenated alkanes) is 1. The molecule has 0 saturated heterocycles. The molecule has 4 N–H and O–H groups in total. The average Bonchev–Trinajstić information content (AvgIpc) is 3.52. The number of hydrogen-bond acceptors (Lipinski definition) is 9. The highest BCUT2D eigenvalue weighted by atomic mass is 16.3. The van der Waals surface area contributed by atoms with Crippen molar-refractivity contribution in [1.82, 2.24) is 30.0 Å². The van der Waals surface area contributed by atoms with Crippen LogP contribution in [0.2, 0.25) is 0 Å².